The first-order valence-electron chi connectivity index (χ1n) is 7.50. The Bertz CT molecular complexity index is 1030. The molecule has 6 nitrogen and oxygen atoms in total. The van der Waals surface area contributed by atoms with Crippen molar-refractivity contribution in [2.75, 3.05) is 24.1 Å². The number of carbonyl (C=O) groups excluding carboxylic acids is 1. The largest absolute Gasteiger partial charge is 0.331 e. The number of carbonyl (C=O) groups is 1. The highest BCUT2D eigenvalue weighted by Gasteiger charge is 2.33. The summed E-state index contributed by atoms with van der Waals surface area (Å²) in [4.78, 5) is 10.9. The fourth-order valence-corrected chi connectivity index (χ4v) is 3.26. The van der Waals surface area contributed by atoms with Crippen LogP contribution in [-0.4, -0.2) is 33.4 Å². The van der Waals surface area contributed by atoms with Gasteiger partial charge in [-0.3, -0.25) is 4.72 Å². The lowest BCUT2D eigenvalue weighted by Crippen LogP contribution is -2.27. The maximum absolute atomic E-state index is 13.8. The number of benzene rings is 2. The molecule has 0 aliphatic carbocycles. The van der Waals surface area contributed by atoms with Crippen LogP contribution in [0.4, 0.5) is 38.1 Å². The quantitative estimate of drug-likeness (QED) is 0.448. The zero-order valence-corrected chi connectivity index (χ0v) is 15.5. The molecule has 0 saturated heterocycles. The molecule has 0 unspecified atom stereocenters. The normalized spacial score (nSPS) is 11.3. The molecule has 0 saturated carbocycles. The van der Waals surface area contributed by atoms with Gasteiger partial charge in [0.05, 0.1) is 5.69 Å². The molecule has 0 bridgehead atoms. The minimum atomic E-state index is -5.18. The SMILES string of the molecule is Cc1ccc(NS(=O)(=O)c2c(F)c(F)c(F)c(F)c2F)cc1NC(=O)N(C)C. The lowest BCUT2D eigenvalue weighted by atomic mass is 10.2. The molecule has 2 rings (SSSR count). The number of rotatable bonds is 4. The molecule has 152 valence electrons. The highest BCUT2D eigenvalue weighted by molar-refractivity contribution is 7.92. The molecule has 2 aromatic rings. The van der Waals surface area contributed by atoms with Crippen LogP contribution < -0.4 is 10.0 Å². The van der Waals surface area contributed by atoms with E-state index in [1.807, 2.05) is 0 Å². The van der Waals surface area contributed by atoms with Gasteiger partial charge < -0.3 is 10.2 Å². The van der Waals surface area contributed by atoms with Crippen molar-refractivity contribution in [2.24, 2.45) is 0 Å². The number of hydrogen-bond acceptors (Lipinski definition) is 3. The molecule has 28 heavy (non-hydrogen) atoms. The van der Waals surface area contributed by atoms with E-state index in [4.69, 9.17) is 0 Å². The average Bonchev–Trinajstić information content (AvgIpc) is 2.60. The summed E-state index contributed by atoms with van der Waals surface area (Å²) in [5.41, 5.74) is 0.411. The number of hydrogen-bond donors (Lipinski definition) is 2. The van der Waals surface area contributed by atoms with E-state index >= 15 is 0 Å². The van der Waals surface area contributed by atoms with E-state index < -0.39 is 50.0 Å². The first kappa shape index (κ1) is 21.4. The molecule has 0 aliphatic rings. The van der Waals surface area contributed by atoms with Crippen molar-refractivity contribution in [3.05, 3.63) is 52.8 Å². The third kappa shape index (κ3) is 4.01. The van der Waals surface area contributed by atoms with Gasteiger partial charge in [0.2, 0.25) is 5.82 Å². The number of sulfonamides is 1. The number of amides is 2. The van der Waals surface area contributed by atoms with E-state index in [9.17, 15) is 35.2 Å². The predicted octanol–water partition coefficient (Wildman–Crippen LogP) is 3.58. The van der Waals surface area contributed by atoms with Crippen molar-refractivity contribution < 1.29 is 35.2 Å². The molecule has 0 spiro atoms. The molecular weight excluding hydrogens is 409 g/mol. The van der Waals surface area contributed by atoms with E-state index in [1.165, 1.54) is 31.1 Å². The van der Waals surface area contributed by atoms with Crippen LogP contribution in [-0.2, 0) is 10.0 Å². The first-order chi connectivity index (χ1) is 12.9. The lowest BCUT2D eigenvalue weighted by Gasteiger charge is -2.16. The van der Waals surface area contributed by atoms with Crippen LogP contribution in [0.15, 0.2) is 23.1 Å². The Hall–Kier alpha value is -2.89. The highest BCUT2D eigenvalue weighted by Crippen LogP contribution is 2.29. The van der Waals surface area contributed by atoms with Crippen molar-refractivity contribution >= 4 is 27.4 Å². The predicted molar refractivity (Wildman–Crippen MR) is 90.9 cm³/mol. The van der Waals surface area contributed by atoms with Gasteiger partial charge in [-0.05, 0) is 24.6 Å². The Labute approximate surface area is 157 Å². The third-order valence-corrected chi connectivity index (χ3v) is 4.98. The molecule has 0 aliphatic heterocycles. The number of anilines is 2. The standard InChI is InChI=1S/C16H14F5N3O3S/c1-7-4-5-8(6-9(7)22-16(25)24(2)3)23-28(26,27)15-13(20)11(18)10(17)12(19)14(15)21/h4-6,23H,1-3H3,(H,22,25). The molecule has 0 aromatic heterocycles. The van der Waals surface area contributed by atoms with E-state index in [1.54, 1.807) is 11.6 Å². The number of nitrogens with zero attached hydrogens (tertiary/aromatic N) is 1. The van der Waals surface area contributed by atoms with Gasteiger partial charge in [-0.2, -0.15) is 0 Å². The molecule has 2 N–H and O–H groups in total. The monoisotopic (exact) mass is 423 g/mol. The minimum Gasteiger partial charge on any atom is -0.331 e. The van der Waals surface area contributed by atoms with Crippen LogP contribution in [0.25, 0.3) is 0 Å². The Balaban J connectivity index is 2.48. The second kappa shape index (κ2) is 7.62. The zero-order valence-electron chi connectivity index (χ0n) is 14.7. The third-order valence-electron chi connectivity index (χ3n) is 3.58. The average molecular weight is 423 g/mol. The van der Waals surface area contributed by atoms with Crippen LogP contribution >= 0.6 is 0 Å². The van der Waals surface area contributed by atoms with E-state index in [0.717, 1.165) is 6.07 Å². The number of halogens is 5. The van der Waals surface area contributed by atoms with Gasteiger partial charge in [-0.15, -0.1) is 0 Å². The number of nitrogens with one attached hydrogen (secondary N) is 2. The maximum atomic E-state index is 13.8. The van der Waals surface area contributed by atoms with E-state index in [-0.39, 0.29) is 11.4 Å². The lowest BCUT2D eigenvalue weighted by molar-refractivity contribution is 0.230. The Morgan fingerprint density at radius 1 is 0.929 bits per heavy atom. The zero-order chi connectivity index (χ0) is 21.4. The smallest absolute Gasteiger partial charge is 0.321 e. The fourth-order valence-electron chi connectivity index (χ4n) is 2.07. The van der Waals surface area contributed by atoms with Crippen LogP contribution in [0.5, 0.6) is 0 Å². The Morgan fingerprint density at radius 3 is 1.93 bits per heavy atom. The van der Waals surface area contributed by atoms with Crippen LogP contribution in [0.3, 0.4) is 0 Å². The number of aryl methyl sites for hydroxylation is 1. The van der Waals surface area contributed by atoms with Gasteiger partial charge in [-0.1, -0.05) is 6.07 Å². The van der Waals surface area contributed by atoms with Crippen molar-refractivity contribution in [3.8, 4) is 0 Å². The Kier molecular flexibility index (Phi) is 5.83. The fraction of sp³-hybridized carbons (Fsp3) is 0.188. The van der Waals surface area contributed by atoms with Crippen molar-refractivity contribution in [1.29, 1.82) is 0 Å². The molecule has 12 heteroatoms. The molecule has 2 amide bonds. The second-order valence-electron chi connectivity index (χ2n) is 5.86. The molecule has 0 radical (unpaired) electrons. The second-order valence-corrected chi connectivity index (χ2v) is 7.48. The van der Waals surface area contributed by atoms with Gasteiger partial charge >= 0.3 is 6.03 Å². The summed E-state index contributed by atoms with van der Waals surface area (Å²) in [6.07, 6.45) is 0. The summed E-state index contributed by atoms with van der Waals surface area (Å²) in [5, 5.41) is 2.46. The van der Waals surface area contributed by atoms with Gasteiger partial charge in [0.15, 0.2) is 28.2 Å². The van der Waals surface area contributed by atoms with Gasteiger partial charge in [0, 0.05) is 19.8 Å². The first-order valence-corrected chi connectivity index (χ1v) is 8.98. The van der Waals surface area contributed by atoms with E-state index in [2.05, 4.69) is 5.32 Å². The van der Waals surface area contributed by atoms with Crippen LogP contribution in [0.1, 0.15) is 5.56 Å². The van der Waals surface area contributed by atoms with Gasteiger partial charge in [-0.25, -0.2) is 35.2 Å². The van der Waals surface area contributed by atoms with Crippen molar-refractivity contribution in [1.82, 2.24) is 4.90 Å². The summed E-state index contributed by atoms with van der Waals surface area (Å²) in [7, 11) is -2.26. The molecular formula is C16H14F5N3O3S. The summed E-state index contributed by atoms with van der Waals surface area (Å²) in [6.45, 7) is 1.59. The minimum absolute atomic E-state index is 0.163. The van der Waals surface area contributed by atoms with Crippen LogP contribution in [0, 0.1) is 36.0 Å². The summed E-state index contributed by atoms with van der Waals surface area (Å²) < 4.78 is 93.5. The summed E-state index contributed by atoms with van der Waals surface area (Å²) in [5.74, 6) is -12.2. The molecule has 2 aromatic carbocycles. The number of urea groups is 1. The molecule has 0 fully saturated rings. The maximum Gasteiger partial charge on any atom is 0.321 e. The summed E-state index contributed by atoms with van der Waals surface area (Å²) in [6, 6.07) is 3.15. The Morgan fingerprint density at radius 2 is 1.43 bits per heavy atom. The molecule has 0 atom stereocenters. The van der Waals surface area contributed by atoms with Crippen molar-refractivity contribution in [2.45, 2.75) is 11.8 Å². The summed E-state index contributed by atoms with van der Waals surface area (Å²) >= 11 is 0. The highest BCUT2D eigenvalue weighted by atomic mass is 32.2. The van der Waals surface area contributed by atoms with E-state index in [0.29, 0.717) is 5.56 Å². The van der Waals surface area contributed by atoms with Gasteiger partial charge in [0.25, 0.3) is 10.0 Å². The van der Waals surface area contributed by atoms with Gasteiger partial charge in [0.1, 0.15) is 0 Å². The van der Waals surface area contributed by atoms with Crippen molar-refractivity contribution in [3.63, 3.8) is 0 Å². The van der Waals surface area contributed by atoms with Crippen LogP contribution in [0.2, 0.25) is 0 Å². The topological polar surface area (TPSA) is 78.5 Å². The molecule has 0 heterocycles.